The Hall–Kier alpha value is -0.903. The van der Waals surface area contributed by atoms with Crippen molar-refractivity contribution in [2.45, 2.75) is 39.2 Å². The van der Waals surface area contributed by atoms with Gasteiger partial charge in [0.25, 0.3) is 0 Å². The van der Waals surface area contributed by atoms with E-state index in [0.29, 0.717) is 0 Å². The van der Waals surface area contributed by atoms with Crippen LogP contribution in [-0.4, -0.2) is 28.5 Å². The van der Waals surface area contributed by atoms with Crippen molar-refractivity contribution in [3.63, 3.8) is 0 Å². The molecule has 0 fully saturated rings. The summed E-state index contributed by atoms with van der Waals surface area (Å²) in [7, 11) is -0.763. The predicted octanol–water partition coefficient (Wildman–Crippen LogP) is 4.26. The van der Waals surface area contributed by atoms with E-state index in [9.17, 15) is 0 Å². The average molecular weight is 291 g/mol. The maximum Gasteiger partial charge on any atom is 0.238 e. The van der Waals surface area contributed by atoms with E-state index in [1.807, 2.05) is 13.0 Å². The molecule has 0 heterocycles. The highest BCUT2D eigenvalue weighted by atomic mass is 28.3. The number of benzene rings is 1. The lowest BCUT2D eigenvalue weighted by Crippen LogP contribution is -2.25. The maximum absolute atomic E-state index is 6.02. The first-order valence-corrected chi connectivity index (χ1v) is 9.39. The molecule has 1 rings (SSSR count). The Morgan fingerprint density at radius 1 is 1.30 bits per heavy atom. The van der Waals surface area contributed by atoms with Crippen molar-refractivity contribution >= 4 is 15.1 Å². The molecule has 111 valence electrons. The minimum atomic E-state index is -0.763. The van der Waals surface area contributed by atoms with Crippen LogP contribution in [0.25, 0.3) is 6.08 Å². The molecular weight excluding hydrogens is 264 g/mol. The second kappa shape index (κ2) is 10.8. The maximum atomic E-state index is 6.02. The first-order valence-electron chi connectivity index (χ1n) is 7.56. The van der Waals surface area contributed by atoms with Crippen LogP contribution in [0.1, 0.15) is 37.8 Å². The smallest absolute Gasteiger partial charge is 0.238 e. The van der Waals surface area contributed by atoms with Gasteiger partial charge in [0, 0.05) is 13.2 Å². The van der Waals surface area contributed by atoms with Crippen molar-refractivity contribution in [1.82, 2.24) is 0 Å². The zero-order valence-electron chi connectivity index (χ0n) is 12.9. The Morgan fingerprint density at radius 2 is 2.15 bits per heavy atom. The van der Waals surface area contributed by atoms with E-state index in [-0.39, 0.29) is 0 Å². The topological polar surface area (TPSA) is 18.5 Å². The quantitative estimate of drug-likeness (QED) is 0.448. The number of hydrogen-bond donors (Lipinski definition) is 0. The van der Waals surface area contributed by atoms with Crippen LogP contribution in [0.3, 0.4) is 0 Å². The SMILES string of the molecule is C=Cc1cccc(CCCO[Si](CCC)COCC)c1. The minimum Gasteiger partial charge on any atom is -0.414 e. The third-order valence-corrected chi connectivity index (χ3v) is 5.29. The van der Waals surface area contributed by atoms with E-state index >= 15 is 0 Å². The van der Waals surface area contributed by atoms with E-state index < -0.39 is 9.04 Å². The van der Waals surface area contributed by atoms with Crippen molar-refractivity contribution in [3.05, 3.63) is 42.0 Å². The third kappa shape index (κ3) is 7.03. The fourth-order valence-corrected chi connectivity index (χ4v) is 3.84. The van der Waals surface area contributed by atoms with Crippen molar-refractivity contribution in [3.8, 4) is 0 Å². The normalized spacial score (nSPS) is 10.9. The highest BCUT2D eigenvalue weighted by Crippen LogP contribution is 2.09. The van der Waals surface area contributed by atoms with Gasteiger partial charge in [0.15, 0.2) is 0 Å². The molecule has 1 radical (unpaired) electrons. The molecule has 0 spiro atoms. The molecular formula is C17H27O2Si. The molecule has 0 saturated carbocycles. The Balaban J connectivity index is 2.26. The van der Waals surface area contributed by atoms with Crippen LogP contribution < -0.4 is 0 Å². The predicted molar refractivity (Wildman–Crippen MR) is 88.2 cm³/mol. The van der Waals surface area contributed by atoms with Gasteiger partial charge in [-0.05, 0) is 36.9 Å². The van der Waals surface area contributed by atoms with Gasteiger partial charge in [0.1, 0.15) is 0 Å². The second-order valence-electron chi connectivity index (χ2n) is 4.83. The van der Waals surface area contributed by atoms with E-state index in [1.54, 1.807) is 0 Å². The number of rotatable bonds is 11. The summed E-state index contributed by atoms with van der Waals surface area (Å²) in [5.41, 5.74) is 2.55. The third-order valence-electron chi connectivity index (χ3n) is 3.10. The Bertz CT molecular complexity index is 379. The molecule has 0 aliphatic carbocycles. The van der Waals surface area contributed by atoms with Gasteiger partial charge in [-0.1, -0.05) is 50.3 Å². The second-order valence-corrected chi connectivity index (χ2v) is 6.98. The highest BCUT2D eigenvalue weighted by Gasteiger charge is 2.11. The molecule has 2 nitrogen and oxygen atoms in total. The van der Waals surface area contributed by atoms with Gasteiger partial charge in [-0.25, -0.2) is 0 Å². The summed E-state index contributed by atoms with van der Waals surface area (Å²) in [4.78, 5) is 0. The van der Waals surface area contributed by atoms with Gasteiger partial charge in [-0.3, -0.25) is 0 Å². The monoisotopic (exact) mass is 291 g/mol. The van der Waals surface area contributed by atoms with Crippen LogP contribution in [0.2, 0.25) is 6.04 Å². The van der Waals surface area contributed by atoms with Crippen molar-refractivity contribution in [2.75, 3.05) is 19.4 Å². The molecule has 0 aliphatic rings. The van der Waals surface area contributed by atoms with Gasteiger partial charge < -0.3 is 9.16 Å². The molecule has 0 unspecified atom stereocenters. The molecule has 0 bridgehead atoms. The Kier molecular flexibility index (Phi) is 9.29. The number of ether oxygens (including phenoxy) is 1. The van der Waals surface area contributed by atoms with Gasteiger partial charge >= 0.3 is 0 Å². The Labute approximate surface area is 125 Å². The average Bonchev–Trinajstić information content (AvgIpc) is 2.49. The summed E-state index contributed by atoms with van der Waals surface area (Å²) in [5.74, 6) is 0. The molecule has 0 amide bonds. The summed E-state index contributed by atoms with van der Waals surface area (Å²) < 4.78 is 11.5. The fraction of sp³-hybridized carbons (Fsp3) is 0.529. The lowest BCUT2D eigenvalue weighted by atomic mass is 10.1. The molecule has 0 atom stereocenters. The molecule has 0 N–H and O–H groups in total. The molecule has 1 aromatic rings. The van der Waals surface area contributed by atoms with Gasteiger partial charge in [-0.15, -0.1) is 0 Å². The molecule has 3 heteroatoms. The Morgan fingerprint density at radius 3 is 2.85 bits per heavy atom. The summed E-state index contributed by atoms with van der Waals surface area (Å²) in [6.45, 7) is 9.69. The summed E-state index contributed by atoms with van der Waals surface area (Å²) in [6, 6.07) is 9.72. The van der Waals surface area contributed by atoms with Crippen LogP contribution in [0.4, 0.5) is 0 Å². The van der Waals surface area contributed by atoms with E-state index in [0.717, 1.165) is 32.3 Å². The van der Waals surface area contributed by atoms with Crippen molar-refractivity contribution in [2.24, 2.45) is 0 Å². The zero-order chi connectivity index (χ0) is 14.6. The lowest BCUT2D eigenvalue weighted by Gasteiger charge is -2.14. The zero-order valence-corrected chi connectivity index (χ0v) is 13.9. The molecule has 0 aliphatic heterocycles. The number of aryl methyl sites for hydroxylation is 1. The van der Waals surface area contributed by atoms with Crippen molar-refractivity contribution < 1.29 is 9.16 Å². The van der Waals surface area contributed by atoms with Crippen molar-refractivity contribution in [1.29, 1.82) is 0 Å². The summed E-state index contributed by atoms with van der Waals surface area (Å²) in [5, 5.41) is 0. The van der Waals surface area contributed by atoms with E-state index in [2.05, 4.69) is 37.8 Å². The van der Waals surface area contributed by atoms with E-state index in [1.165, 1.54) is 23.6 Å². The molecule has 1 aromatic carbocycles. The van der Waals surface area contributed by atoms with Gasteiger partial charge in [-0.2, -0.15) is 0 Å². The highest BCUT2D eigenvalue weighted by molar-refractivity contribution is 6.51. The van der Waals surface area contributed by atoms with Crippen LogP contribution in [0.5, 0.6) is 0 Å². The standard InChI is InChI=1S/C17H27O2Si/c1-4-13-20(15-18-6-3)19-12-8-11-17-10-7-9-16(5-2)14-17/h5,7,9-10,14H,2,4,6,8,11-13,15H2,1,3H3. The first-order chi connectivity index (χ1) is 9.80. The molecule has 0 aromatic heterocycles. The van der Waals surface area contributed by atoms with Crippen LogP contribution in [-0.2, 0) is 15.6 Å². The van der Waals surface area contributed by atoms with Crippen LogP contribution >= 0.6 is 0 Å². The minimum absolute atomic E-state index is 0.763. The molecule has 20 heavy (non-hydrogen) atoms. The van der Waals surface area contributed by atoms with Crippen LogP contribution in [0.15, 0.2) is 30.8 Å². The van der Waals surface area contributed by atoms with Gasteiger partial charge in [0.05, 0.1) is 6.23 Å². The fourth-order valence-electron chi connectivity index (χ4n) is 2.05. The largest absolute Gasteiger partial charge is 0.414 e. The van der Waals surface area contributed by atoms with Gasteiger partial charge in [0.2, 0.25) is 9.04 Å². The summed E-state index contributed by atoms with van der Waals surface area (Å²) in [6.07, 6.45) is 6.04. The first kappa shape index (κ1) is 17.1. The van der Waals surface area contributed by atoms with E-state index in [4.69, 9.17) is 9.16 Å². The summed E-state index contributed by atoms with van der Waals surface area (Å²) >= 11 is 0. The lowest BCUT2D eigenvalue weighted by molar-refractivity contribution is 0.170. The number of hydrogen-bond acceptors (Lipinski definition) is 2. The van der Waals surface area contributed by atoms with Crippen LogP contribution in [0, 0.1) is 0 Å². The molecule has 0 saturated heterocycles.